The second-order valence-corrected chi connectivity index (χ2v) is 6.31. The van der Waals surface area contributed by atoms with Gasteiger partial charge in [0, 0.05) is 35.7 Å². The van der Waals surface area contributed by atoms with Gasteiger partial charge in [0.05, 0.1) is 11.0 Å². The van der Waals surface area contributed by atoms with Crippen molar-refractivity contribution >= 4 is 45.8 Å². The number of nitrogens with zero attached hydrogens (tertiary/aromatic N) is 2. The molecule has 3 aromatic rings. The fourth-order valence-electron chi connectivity index (χ4n) is 2.64. The first-order valence-corrected chi connectivity index (χ1v) is 8.11. The number of aryl methyl sites for hydroxylation is 2. The fraction of sp³-hybridized carbons (Fsp3) is 0.176. The molecule has 0 aliphatic rings. The summed E-state index contributed by atoms with van der Waals surface area (Å²) >= 11 is 11.8. The van der Waals surface area contributed by atoms with Crippen molar-refractivity contribution in [3.8, 4) is 0 Å². The number of carbonyl (C=O) groups is 1. The van der Waals surface area contributed by atoms with Crippen LogP contribution < -0.4 is 11.0 Å². The van der Waals surface area contributed by atoms with E-state index >= 15 is 0 Å². The SMILES string of the molecule is Cn1c(=O)n(CCC(=O)Nc2cc(Cl)cc(Cl)c2)c2ccccc21. The molecule has 0 saturated heterocycles. The standard InChI is InChI=1S/C17H15Cl2N3O2/c1-21-14-4-2-3-5-15(14)22(17(21)24)7-6-16(23)20-13-9-11(18)8-12(19)10-13/h2-5,8-10H,6-7H2,1H3,(H,20,23). The molecule has 0 saturated carbocycles. The van der Waals surface area contributed by atoms with Crippen molar-refractivity contribution in [2.75, 3.05) is 5.32 Å². The van der Waals surface area contributed by atoms with Crippen molar-refractivity contribution in [2.24, 2.45) is 7.05 Å². The van der Waals surface area contributed by atoms with Crippen LogP contribution in [0.3, 0.4) is 0 Å². The van der Waals surface area contributed by atoms with Crippen LogP contribution in [0.5, 0.6) is 0 Å². The van der Waals surface area contributed by atoms with Crippen molar-refractivity contribution in [3.63, 3.8) is 0 Å². The lowest BCUT2D eigenvalue weighted by molar-refractivity contribution is -0.116. The molecule has 2 aromatic carbocycles. The predicted molar refractivity (Wildman–Crippen MR) is 96.9 cm³/mol. The number of carbonyl (C=O) groups excluding carboxylic acids is 1. The number of benzene rings is 2. The number of aromatic nitrogens is 2. The molecular formula is C17H15Cl2N3O2. The highest BCUT2D eigenvalue weighted by Crippen LogP contribution is 2.22. The van der Waals surface area contributed by atoms with Crippen LogP contribution in [0.4, 0.5) is 5.69 Å². The highest BCUT2D eigenvalue weighted by atomic mass is 35.5. The van der Waals surface area contributed by atoms with Gasteiger partial charge in [-0.15, -0.1) is 0 Å². The molecule has 1 heterocycles. The van der Waals surface area contributed by atoms with E-state index < -0.39 is 0 Å². The van der Waals surface area contributed by atoms with Crippen LogP contribution in [0.1, 0.15) is 6.42 Å². The molecule has 1 N–H and O–H groups in total. The van der Waals surface area contributed by atoms with E-state index in [1.807, 2.05) is 24.3 Å². The van der Waals surface area contributed by atoms with E-state index in [0.717, 1.165) is 11.0 Å². The molecule has 1 aromatic heterocycles. The molecule has 0 radical (unpaired) electrons. The van der Waals surface area contributed by atoms with E-state index in [9.17, 15) is 9.59 Å². The van der Waals surface area contributed by atoms with Crippen molar-refractivity contribution in [1.82, 2.24) is 9.13 Å². The molecule has 5 nitrogen and oxygen atoms in total. The molecule has 0 fully saturated rings. The van der Waals surface area contributed by atoms with Gasteiger partial charge in [0.2, 0.25) is 5.91 Å². The average molecular weight is 364 g/mol. The van der Waals surface area contributed by atoms with Gasteiger partial charge in [0.15, 0.2) is 0 Å². The summed E-state index contributed by atoms with van der Waals surface area (Å²) in [5.41, 5.74) is 2.03. The minimum Gasteiger partial charge on any atom is -0.326 e. The van der Waals surface area contributed by atoms with Crippen LogP contribution in [0.2, 0.25) is 10.0 Å². The number of fused-ring (bicyclic) bond motifs is 1. The summed E-state index contributed by atoms with van der Waals surface area (Å²) in [5, 5.41) is 3.63. The number of rotatable bonds is 4. The summed E-state index contributed by atoms with van der Waals surface area (Å²) in [7, 11) is 1.72. The van der Waals surface area contributed by atoms with Crippen molar-refractivity contribution in [2.45, 2.75) is 13.0 Å². The lowest BCUT2D eigenvalue weighted by Crippen LogP contribution is -2.24. The summed E-state index contributed by atoms with van der Waals surface area (Å²) in [4.78, 5) is 24.5. The van der Waals surface area contributed by atoms with E-state index in [-0.39, 0.29) is 18.0 Å². The Morgan fingerprint density at radius 3 is 2.38 bits per heavy atom. The average Bonchev–Trinajstić information content (AvgIpc) is 2.76. The number of imidazole rings is 1. The molecule has 1 amide bonds. The second-order valence-electron chi connectivity index (χ2n) is 5.44. The third-order valence-corrected chi connectivity index (χ3v) is 4.20. The Morgan fingerprint density at radius 2 is 1.71 bits per heavy atom. The minimum absolute atomic E-state index is 0.144. The number of amides is 1. The van der Waals surface area contributed by atoms with E-state index in [4.69, 9.17) is 23.2 Å². The van der Waals surface area contributed by atoms with E-state index in [1.165, 1.54) is 0 Å². The topological polar surface area (TPSA) is 56.0 Å². The molecule has 0 unspecified atom stereocenters. The molecule has 0 atom stereocenters. The molecule has 24 heavy (non-hydrogen) atoms. The highest BCUT2D eigenvalue weighted by Gasteiger charge is 2.11. The zero-order chi connectivity index (χ0) is 17.3. The maximum atomic E-state index is 12.3. The number of halogens is 2. The number of hydrogen-bond donors (Lipinski definition) is 1. The van der Waals surface area contributed by atoms with Crippen molar-refractivity contribution < 1.29 is 4.79 Å². The van der Waals surface area contributed by atoms with Gasteiger partial charge in [0.1, 0.15) is 0 Å². The Labute approximate surface area is 148 Å². The third-order valence-electron chi connectivity index (χ3n) is 3.76. The highest BCUT2D eigenvalue weighted by molar-refractivity contribution is 6.35. The number of nitrogens with one attached hydrogen (secondary N) is 1. The Kier molecular flexibility index (Phi) is 4.64. The summed E-state index contributed by atoms with van der Waals surface area (Å²) in [6.07, 6.45) is 0.165. The second kappa shape index (κ2) is 6.71. The number of anilines is 1. The quantitative estimate of drug-likeness (QED) is 0.768. The zero-order valence-corrected chi connectivity index (χ0v) is 14.4. The smallest absolute Gasteiger partial charge is 0.326 e. The van der Waals surface area contributed by atoms with Gasteiger partial charge in [-0.2, -0.15) is 0 Å². The van der Waals surface area contributed by atoms with E-state index in [2.05, 4.69) is 5.32 Å². The first kappa shape index (κ1) is 16.6. The lowest BCUT2D eigenvalue weighted by Gasteiger charge is -2.07. The largest absolute Gasteiger partial charge is 0.328 e. The van der Waals surface area contributed by atoms with Gasteiger partial charge >= 0.3 is 5.69 Å². The normalized spacial score (nSPS) is 11.0. The summed E-state index contributed by atoms with van der Waals surface area (Å²) in [6, 6.07) is 12.3. The van der Waals surface area contributed by atoms with Crippen LogP contribution in [-0.2, 0) is 18.4 Å². The molecule has 0 aliphatic carbocycles. The third kappa shape index (κ3) is 3.32. The molecule has 0 spiro atoms. The maximum absolute atomic E-state index is 12.3. The predicted octanol–water partition coefficient (Wildman–Crippen LogP) is 3.68. The van der Waals surface area contributed by atoms with Crippen molar-refractivity contribution in [1.29, 1.82) is 0 Å². The summed E-state index contributed by atoms with van der Waals surface area (Å²) in [6.45, 7) is 0.292. The Morgan fingerprint density at radius 1 is 1.08 bits per heavy atom. The van der Waals surface area contributed by atoms with Crippen LogP contribution in [-0.4, -0.2) is 15.0 Å². The minimum atomic E-state index is -0.215. The van der Waals surface area contributed by atoms with E-state index in [0.29, 0.717) is 22.3 Å². The van der Waals surface area contributed by atoms with Gasteiger partial charge < -0.3 is 5.32 Å². The van der Waals surface area contributed by atoms with Gasteiger partial charge in [-0.05, 0) is 30.3 Å². The van der Waals surface area contributed by atoms with Crippen LogP contribution in [0, 0.1) is 0 Å². The molecule has 0 bridgehead atoms. The molecule has 124 valence electrons. The lowest BCUT2D eigenvalue weighted by atomic mass is 10.3. The molecule has 7 heteroatoms. The van der Waals surface area contributed by atoms with Crippen LogP contribution >= 0.6 is 23.2 Å². The first-order chi connectivity index (χ1) is 11.5. The Bertz CT molecular complexity index is 955. The van der Waals surface area contributed by atoms with Crippen molar-refractivity contribution in [3.05, 3.63) is 63.0 Å². The van der Waals surface area contributed by atoms with Crippen LogP contribution in [0.15, 0.2) is 47.3 Å². The monoisotopic (exact) mass is 363 g/mol. The fourth-order valence-corrected chi connectivity index (χ4v) is 3.17. The Hall–Kier alpha value is -2.24. The van der Waals surface area contributed by atoms with Gasteiger partial charge in [-0.3, -0.25) is 13.9 Å². The zero-order valence-electron chi connectivity index (χ0n) is 12.9. The molecule has 3 rings (SSSR count). The first-order valence-electron chi connectivity index (χ1n) is 7.36. The summed E-state index contributed by atoms with van der Waals surface area (Å²) in [5.74, 6) is -0.215. The summed E-state index contributed by atoms with van der Waals surface area (Å²) < 4.78 is 3.17. The van der Waals surface area contributed by atoms with Gasteiger partial charge in [0.25, 0.3) is 0 Å². The maximum Gasteiger partial charge on any atom is 0.328 e. The number of para-hydroxylation sites is 2. The van der Waals surface area contributed by atoms with E-state index in [1.54, 1.807) is 34.4 Å². The van der Waals surface area contributed by atoms with Gasteiger partial charge in [-0.1, -0.05) is 35.3 Å². The Balaban J connectivity index is 1.75. The molecule has 0 aliphatic heterocycles. The van der Waals surface area contributed by atoms with Crippen LogP contribution in [0.25, 0.3) is 11.0 Å². The molecular weight excluding hydrogens is 349 g/mol. The number of hydrogen-bond acceptors (Lipinski definition) is 2. The van der Waals surface area contributed by atoms with Gasteiger partial charge in [-0.25, -0.2) is 4.79 Å².